The molecule has 1 aromatic rings. The van der Waals surface area contributed by atoms with E-state index in [9.17, 15) is 8.78 Å². The van der Waals surface area contributed by atoms with Crippen LogP contribution in [0.1, 0.15) is 28.8 Å². The number of halogens is 2. The van der Waals surface area contributed by atoms with Gasteiger partial charge in [0.1, 0.15) is 5.69 Å². The zero-order chi connectivity index (χ0) is 10.7. The van der Waals surface area contributed by atoms with Crippen molar-refractivity contribution in [3.8, 4) is 6.07 Å². The SMILES string of the molecule is Cc1cnc(C(F)F)c(CN)c1C#N. The predicted molar refractivity (Wildman–Crippen MR) is 46.5 cm³/mol. The summed E-state index contributed by atoms with van der Waals surface area (Å²) in [7, 11) is 0. The second-order valence-electron chi connectivity index (χ2n) is 2.80. The lowest BCUT2D eigenvalue weighted by atomic mass is 10.0. The first-order chi connectivity index (χ1) is 6.61. The lowest BCUT2D eigenvalue weighted by Gasteiger charge is -2.09. The van der Waals surface area contributed by atoms with Gasteiger partial charge in [0.15, 0.2) is 0 Å². The molecule has 0 aliphatic carbocycles. The Morgan fingerprint density at radius 3 is 2.71 bits per heavy atom. The molecule has 0 radical (unpaired) electrons. The van der Waals surface area contributed by atoms with E-state index in [4.69, 9.17) is 11.0 Å². The molecule has 5 heteroatoms. The molecule has 0 bridgehead atoms. The summed E-state index contributed by atoms with van der Waals surface area (Å²) in [6.07, 6.45) is -1.43. The predicted octanol–water partition coefficient (Wildman–Crippen LogP) is 1.66. The highest BCUT2D eigenvalue weighted by atomic mass is 19.3. The molecule has 0 saturated carbocycles. The molecule has 0 spiro atoms. The fraction of sp³-hybridized carbons (Fsp3) is 0.333. The lowest BCUT2D eigenvalue weighted by Crippen LogP contribution is -2.08. The molecule has 2 N–H and O–H groups in total. The van der Waals surface area contributed by atoms with Crippen LogP contribution >= 0.6 is 0 Å². The van der Waals surface area contributed by atoms with Gasteiger partial charge in [0.05, 0.1) is 11.6 Å². The molecule has 1 aromatic heterocycles. The molecular weight excluding hydrogens is 188 g/mol. The maximum atomic E-state index is 12.4. The Hall–Kier alpha value is -1.54. The molecule has 14 heavy (non-hydrogen) atoms. The van der Waals surface area contributed by atoms with E-state index in [1.807, 2.05) is 6.07 Å². The van der Waals surface area contributed by atoms with Crippen LogP contribution in [0.15, 0.2) is 6.20 Å². The van der Waals surface area contributed by atoms with Crippen LogP contribution in [-0.4, -0.2) is 4.98 Å². The fourth-order valence-corrected chi connectivity index (χ4v) is 1.23. The molecule has 0 saturated heterocycles. The molecule has 1 heterocycles. The first-order valence-electron chi connectivity index (χ1n) is 3.98. The topological polar surface area (TPSA) is 62.7 Å². The molecule has 0 atom stereocenters. The third-order valence-electron chi connectivity index (χ3n) is 1.93. The minimum absolute atomic E-state index is 0.1000. The number of aryl methyl sites for hydroxylation is 1. The summed E-state index contributed by atoms with van der Waals surface area (Å²) in [6, 6.07) is 1.86. The molecule has 0 aliphatic rings. The first-order valence-corrected chi connectivity index (χ1v) is 3.98. The van der Waals surface area contributed by atoms with E-state index in [1.165, 1.54) is 6.20 Å². The number of aromatic nitrogens is 1. The van der Waals surface area contributed by atoms with Crippen LogP contribution in [0.2, 0.25) is 0 Å². The minimum atomic E-state index is -2.69. The van der Waals surface area contributed by atoms with E-state index in [-0.39, 0.29) is 17.7 Å². The summed E-state index contributed by atoms with van der Waals surface area (Å²) in [5.74, 6) is 0. The number of pyridine rings is 1. The van der Waals surface area contributed by atoms with Crippen molar-refractivity contribution in [2.75, 3.05) is 0 Å². The smallest absolute Gasteiger partial charge is 0.280 e. The number of alkyl halides is 2. The second-order valence-corrected chi connectivity index (χ2v) is 2.80. The maximum absolute atomic E-state index is 12.4. The standard InChI is InChI=1S/C9H9F2N3/c1-5-4-14-8(9(10)11)7(3-13)6(5)2-12/h4,9H,3,13H2,1H3. The Morgan fingerprint density at radius 2 is 2.29 bits per heavy atom. The average molecular weight is 197 g/mol. The van der Waals surface area contributed by atoms with Crippen LogP contribution in [0, 0.1) is 18.3 Å². The zero-order valence-electron chi connectivity index (χ0n) is 7.59. The Labute approximate surface area is 80.2 Å². The van der Waals surface area contributed by atoms with Gasteiger partial charge < -0.3 is 5.73 Å². The third kappa shape index (κ3) is 1.70. The van der Waals surface area contributed by atoms with Gasteiger partial charge in [0, 0.05) is 18.3 Å². The van der Waals surface area contributed by atoms with Crippen LogP contribution in [0.4, 0.5) is 8.78 Å². The van der Waals surface area contributed by atoms with Gasteiger partial charge in [-0.1, -0.05) is 0 Å². The fourth-order valence-electron chi connectivity index (χ4n) is 1.23. The van der Waals surface area contributed by atoms with Crippen molar-refractivity contribution in [2.45, 2.75) is 19.9 Å². The van der Waals surface area contributed by atoms with E-state index in [1.54, 1.807) is 6.92 Å². The number of hydrogen-bond acceptors (Lipinski definition) is 3. The number of nitrogens with zero attached hydrogens (tertiary/aromatic N) is 2. The van der Waals surface area contributed by atoms with Crippen LogP contribution in [0.3, 0.4) is 0 Å². The van der Waals surface area contributed by atoms with E-state index in [2.05, 4.69) is 4.98 Å². The zero-order valence-corrected chi connectivity index (χ0v) is 7.59. The Morgan fingerprint density at radius 1 is 1.64 bits per heavy atom. The van der Waals surface area contributed by atoms with Gasteiger partial charge >= 0.3 is 0 Å². The Balaban J connectivity index is 3.42. The van der Waals surface area contributed by atoms with Crippen LogP contribution < -0.4 is 5.73 Å². The van der Waals surface area contributed by atoms with Crippen molar-refractivity contribution in [1.82, 2.24) is 4.98 Å². The average Bonchev–Trinajstić information content (AvgIpc) is 2.16. The van der Waals surface area contributed by atoms with Gasteiger partial charge in [0.2, 0.25) is 0 Å². The summed E-state index contributed by atoms with van der Waals surface area (Å²) in [5.41, 5.74) is 5.83. The van der Waals surface area contributed by atoms with Crippen molar-refractivity contribution < 1.29 is 8.78 Å². The summed E-state index contributed by atoms with van der Waals surface area (Å²) >= 11 is 0. The van der Waals surface area contributed by atoms with Crippen molar-refractivity contribution in [2.24, 2.45) is 5.73 Å². The third-order valence-corrected chi connectivity index (χ3v) is 1.93. The number of hydrogen-bond donors (Lipinski definition) is 1. The van der Waals surface area contributed by atoms with Crippen molar-refractivity contribution >= 4 is 0 Å². The Kier molecular flexibility index (Phi) is 3.10. The highest BCUT2D eigenvalue weighted by molar-refractivity contribution is 5.45. The molecule has 0 unspecified atom stereocenters. The maximum Gasteiger partial charge on any atom is 0.280 e. The van der Waals surface area contributed by atoms with Gasteiger partial charge in [-0.2, -0.15) is 5.26 Å². The van der Waals surface area contributed by atoms with E-state index in [0.717, 1.165) is 0 Å². The monoisotopic (exact) mass is 197 g/mol. The summed E-state index contributed by atoms with van der Waals surface area (Å²) in [6.45, 7) is 1.54. The van der Waals surface area contributed by atoms with E-state index >= 15 is 0 Å². The molecule has 0 aliphatic heterocycles. The summed E-state index contributed by atoms with van der Waals surface area (Å²) in [5, 5.41) is 8.76. The van der Waals surface area contributed by atoms with Crippen LogP contribution in [-0.2, 0) is 6.54 Å². The quantitative estimate of drug-likeness (QED) is 0.784. The second kappa shape index (κ2) is 4.11. The van der Waals surface area contributed by atoms with Gasteiger partial charge in [-0.15, -0.1) is 0 Å². The van der Waals surface area contributed by atoms with Crippen LogP contribution in [0.25, 0.3) is 0 Å². The van der Waals surface area contributed by atoms with E-state index in [0.29, 0.717) is 5.56 Å². The normalized spacial score (nSPS) is 10.3. The largest absolute Gasteiger partial charge is 0.326 e. The molecule has 74 valence electrons. The first kappa shape index (κ1) is 10.5. The molecule has 0 amide bonds. The van der Waals surface area contributed by atoms with Crippen molar-refractivity contribution in [1.29, 1.82) is 5.26 Å². The van der Waals surface area contributed by atoms with Gasteiger partial charge in [-0.3, -0.25) is 4.98 Å². The van der Waals surface area contributed by atoms with Crippen molar-refractivity contribution in [3.05, 3.63) is 28.6 Å². The van der Waals surface area contributed by atoms with Crippen LogP contribution in [0.5, 0.6) is 0 Å². The molecule has 0 fully saturated rings. The lowest BCUT2D eigenvalue weighted by molar-refractivity contribution is 0.144. The number of nitriles is 1. The number of rotatable bonds is 2. The van der Waals surface area contributed by atoms with E-state index < -0.39 is 12.1 Å². The summed E-state index contributed by atoms with van der Waals surface area (Å²) in [4.78, 5) is 3.58. The highest BCUT2D eigenvalue weighted by Gasteiger charge is 2.18. The van der Waals surface area contributed by atoms with Gasteiger partial charge in [0.25, 0.3) is 6.43 Å². The van der Waals surface area contributed by atoms with Crippen molar-refractivity contribution in [3.63, 3.8) is 0 Å². The van der Waals surface area contributed by atoms with Gasteiger partial charge in [-0.05, 0) is 12.5 Å². The minimum Gasteiger partial charge on any atom is -0.326 e. The molecule has 0 aromatic carbocycles. The van der Waals surface area contributed by atoms with Gasteiger partial charge in [-0.25, -0.2) is 8.78 Å². The highest BCUT2D eigenvalue weighted by Crippen LogP contribution is 2.24. The molecular formula is C9H9F2N3. The number of nitrogens with two attached hydrogens (primary N) is 1. The molecule has 1 rings (SSSR count). The summed E-state index contributed by atoms with van der Waals surface area (Å²) < 4.78 is 24.9. The molecule has 3 nitrogen and oxygen atoms in total. The Bertz CT molecular complexity index is 382.